The molecule has 0 radical (unpaired) electrons. The van der Waals surface area contributed by atoms with Gasteiger partial charge in [0.15, 0.2) is 0 Å². The molecular formula is C16H24F6N4O3. The second kappa shape index (κ2) is 10.3. The van der Waals surface area contributed by atoms with Crippen molar-refractivity contribution in [3.05, 3.63) is 12.0 Å². The Balaban J connectivity index is 5.92. The number of alkyl halides is 6. The van der Waals surface area contributed by atoms with E-state index in [1.807, 2.05) is 0 Å². The Morgan fingerprint density at radius 2 is 1.72 bits per heavy atom. The predicted molar refractivity (Wildman–Crippen MR) is 94.3 cm³/mol. The van der Waals surface area contributed by atoms with Crippen LogP contribution in [0.25, 0.3) is 0 Å². The molecule has 168 valence electrons. The van der Waals surface area contributed by atoms with Gasteiger partial charge in [-0.15, -0.1) is 13.2 Å². The topological polar surface area (TPSA) is 75.5 Å². The average Bonchev–Trinajstić information content (AvgIpc) is 2.46. The number of amides is 1. The summed E-state index contributed by atoms with van der Waals surface area (Å²) in [6, 6.07) is 0. The average molecular weight is 434 g/mol. The first kappa shape index (κ1) is 26.5. The van der Waals surface area contributed by atoms with Gasteiger partial charge in [0.1, 0.15) is 17.5 Å². The third-order valence-corrected chi connectivity index (χ3v) is 2.92. The molecule has 1 unspecified atom stereocenters. The van der Waals surface area contributed by atoms with E-state index in [4.69, 9.17) is 4.74 Å². The van der Waals surface area contributed by atoms with Crippen molar-refractivity contribution in [2.45, 2.75) is 58.4 Å². The van der Waals surface area contributed by atoms with E-state index in [0.717, 1.165) is 7.05 Å². The molecule has 1 amide bonds. The van der Waals surface area contributed by atoms with Gasteiger partial charge in [-0.3, -0.25) is 9.98 Å². The highest BCUT2D eigenvalue weighted by Crippen LogP contribution is 2.26. The number of rotatable bonds is 7. The lowest BCUT2D eigenvalue weighted by Crippen LogP contribution is -2.53. The maximum atomic E-state index is 13.3. The molecule has 0 fully saturated rings. The summed E-state index contributed by atoms with van der Waals surface area (Å²) in [5, 5.41) is 2.09. The van der Waals surface area contributed by atoms with Crippen LogP contribution in [0.3, 0.4) is 0 Å². The predicted octanol–water partition coefficient (Wildman–Crippen LogP) is 4.22. The lowest BCUT2D eigenvalue weighted by atomic mass is 10.2. The number of nitrogens with one attached hydrogen (secondary N) is 1. The third kappa shape index (κ3) is 11.2. The maximum Gasteiger partial charge on any atom is 0.572 e. The van der Waals surface area contributed by atoms with Gasteiger partial charge in [0.25, 0.3) is 0 Å². The summed E-state index contributed by atoms with van der Waals surface area (Å²) in [4.78, 5) is 19.0. The number of ether oxygens (including phenoxy) is 2. The molecule has 0 bridgehead atoms. The first-order chi connectivity index (χ1) is 13.0. The number of amidine groups is 1. The Hall–Kier alpha value is -2.47. The van der Waals surface area contributed by atoms with Crippen molar-refractivity contribution in [2.24, 2.45) is 9.98 Å². The van der Waals surface area contributed by atoms with E-state index in [2.05, 4.69) is 26.8 Å². The molecule has 0 spiro atoms. The van der Waals surface area contributed by atoms with E-state index >= 15 is 0 Å². The van der Waals surface area contributed by atoms with Crippen molar-refractivity contribution in [3.63, 3.8) is 0 Å². The van der Waals surface area contributed by atoms with Gasteiger partial charge >= 0.3 is 18.6 Å². The van der Waals surface area contributed by atoms with Crippen LogP contribution in [0.15, 0.2) is 21.9 Å². The van der Waals surface area contributed by atoms with Gasteiger partial charge in [-0.05, 0) is 34.4 Å². The molecule has 1 N–H and O–H groups in total. The zero-order valence-electron chi connectivity index (χ0n) is 16.6. The Kier molecular flexibility index (Phi) is 9.47. The van der Waals surface area contributed by atoms with Crippen LogP contribution in [0.2, 0.25) is 0 Å². The van der Waals surface area contributed by atoms with Gasteiger partial charge in [-0.1, -0.05) is 0 Å². The summed E-state index contributed by atoms with van der Waals surface area (Å²) in [5.41, 5.74) is -0.999. The minimum absolute atomic E-state index is 0.256. The minimum Gasteiger partial charge on any atom is -0.444 e. The second-order valence-corrected chi connectivity index (χ2v) is 6.60. The Morgan fingerprint density at radius 1 is 1.17 bits per heavy atom. The number of halogens is 6. The Morgan fingerprint density at radius 3 is 2.10 bits per heavy atom. The number of carbonyl (C=O) groups excluding carboxylic acids is 1. The molecule has 29 heavy (non-hydrogen) atoms. The molecule has 0 saturated carbocycles. The molecule has 0 aliphatic carbocycles. The highest BCUT2D eigenvalue weighted by molar-refractivity contribution is 5.88. The Bertz CT molecular complexity index is 624. The molecule has 7 nitrogen and oxygen atoms in total. The quantitative estimate of drug-likeness (QED) is 0.214. The van der Waals surface area contributed by atoms with E-state index in [1.165, 1.54) is 27.7 Å². The summed E-state index contributed by atoms with van der Waals surface area (Å²) < 4.78 is 86.4. The number of alkyl carbamates (subject to hydrolysis) is 1. The van der Waals surface area contributed by atoms with E-state index in [0.29, 0.717) is 11.1 Å². The number of hydrogen-bond acceptors (Lipinski definition) is 5. The minimum atomic E-state index is -5.13. The molecule has 1 atom stereocenters. The fourth-order valence-corrected chi connectivity index (χ4v) is 1.99. The van der Waals surface area contributed by atoms with Crippen LogP contribution in [0.1, 0.15) is 34.1 Å². The van der Waals surface area contributed by atoms with E-state index in [-0.39, 0.29) is 6.54 Å². The fraction of sp³-hybridized carbons (Fsp3) is 0.688. The largest absolute Gasteiger partial charge is 0.572 e. The lowest BCUT2D eigenvalue weighted by Gasteiger charge is -2.33. The van der Waals surface area contributed by atoms with Crippen molar-refractivity contribution in [2.75, 3.05) is 13.6 Å². The van der Waals surface area contributed by atoms with Crippen LogP contribution in [-0.4, -0.2) is 61.4 Å². The van der Waals surface area contributed by atoms with Crippen molar-refractivity contribution in [1.82, 2.24) is 10.2 Å². The SMILES string of the molecule is C=N/C=C(\CC(NC(=O)OC(C)(C)C)N(C)C(=NCC)C(F)(F)F)OC(F)(F)F. The number of carbonyl (C=O) groups is 1. The van der Waals surface area contributed by atoms with Crippen molar-refractivity contribution in [3.8, 4) is 0 Å². The first-order valence-corrected chi connectivity index (χ1v) is 8.24. The van der Waals surface area contributed by atoms with E-state index in [9.17, 15) is 31.1 Å². The molecule has 0 aliphatic heterocycles. The molecule has 0 aromatic carbocycles. The highest BCUT2D eigenvalue weighted by Gasteiger charge is 2.42. The van der Waals surface area contributed by atoms with Crippen LogP contribution in [0, 0.1) is 0 Å². The molecular weight excluding hydrogens is 410 g/mol. The lowest BCUT2D eigenvalue weighted by molar-refractivity contribution is -0.307. The van der Waals surface area contributed by atoms with Gasteiger partial charge in [0.05, 0.1) is 6.20 Å². The van der Waals surface area contributed by atoms with Gasteiger partial charge < -0.3 is 19.7 Å². The summed E-state index contributed by atoms with van der Waals surface area (Å²) in [6.45, 7) is 8.59. The standard InChI is InChI=1S/C16H24F6N4O3/c1-7-24-12(15(17,18)19)26(6)11(25-13(27)29-14(2,3)4)8-10(9-23-5)28-16(20,21)22/h9,11H,5,7-8H2,1-4,6H3,(H,25,27)/b10-9+,24-12?. The zero-order valence-corrected chi connectivity index (χ0v) is 16.6. The number of hydrogen-bond donors (Lipinski definition) is 1. The molecule has 0 aromatic rings. The van der Waals surface area contributed by atoms with E-state index < -0.39 is 48.4 Å². The van der Waals surface area contributed by atoms with Gasteiger partial charge in [-0.2, -0.15) is 13.2 Å². The van der Waals surface area contributed by atoms with Crippen LogP contribution in [0.5, 0.6) is 0 Å². The summed E-state index contributed by atoms with van der Waals surface area (Å²) in [5.74, 6) is -2.28. The van der Waals surface area contributed by atoms with Gasteiger partial charge in [0.2, 0.25) is 5.84 Å². The molecule has 0 rings (SSSR count). The van der Waals surface area contributed by atoms with E-state index in [1.54, 1.807) is 0 Å². The molecule has 0 aliphatic rings. The third-order valence-electron chi connectivity index (χ3n) is 2.92. The summed E-state index contributed by atoms with van der Waals surface area (Å²) in [6.07, 6.45) is -13.1. The smallest absolute Gasteiger partial charge is 0.444 e. The molecule has 0 heterocycles. The van der Waals surface area contributed by atoms with Gasteiger partial charge in [-0.25, -0.2) is 4.79 Å². The van der Waals surface area contributed by atoms with Crippen LogP contribution in [-0.2, 0) is 9.47 Å². The molecule has 0 aromatic heterocycles. The highest BCUT2D eigenvalue weighted by atomic mass is 19.4. The molecule has 0 saturated heterocycles. The zero-order chi connectivity index (χ0) is 23.0. The Labute approximate surface area is 164 Å². The second-order valence-electron chi connectivity index (χ2n) is 6.60. The first-order valence-electron chi connectivity index (χ1n) is 8.24. The van der Waals surface area contributed by atoms with Crippen LogP contribution in [0.4, 0.5) is 31.1 Å². The number of nitrogens with zero attached hydrogens (tertiary/aromatic N) is 3. The van der Waals surface area contributed by atoms with Crippen molar-refractivity contribution >= 4 is 18.6 Å². The van der Waals surface area contributed by atoms with Crippen LogP contribution >= 0.6 is 0 Å². The fourth-order valence-electron chi connectivity index (χ4n) is 1.99. The summed E-state index contributed by atoms with van der Waals surface area (Å²) in [7, 11) is 0.913. The van der Waals surface area contributed by atoms with Gasteiger partial charge in [0, 0.05) is 20.0 Å². The maximum absolute atomic E-state index is 13.3. The number of aliphatic imine (C=N–C) groups is 2. The monoisotopic (exact) mass is 434 g/mol. The van der Waals surface area contributed by atoms with Crippen LogP contribution < -0.4 is 5.32 Å². The van der Waals surface area contributed by atoms with Crippen molar-refractivity contribution < 1.29 is 40.6 Å². The summed E-state index contributed by atoms with van der Waals surface area (Å²) >= 11 is 0. The van der Waals surface area contributed by atoms with Crippen molar-refractivity contribution in [1.29, 1.82) is 0 Å². The molecule has 13 heteroatoms. The normalized spacial score (nSPS) is 14.9.